The van der Waals surface area contributed by atoms with E-state index in [-0.39, 0.29) is 6.10 Å². The third-order valence-corrected chi connectivity index (χ3v) is 4.97. The molecule has 0 saturated carbocycles. The molecule has 1 aromatic heterocycles. The van der Waals surface area contributed by atoms with Gasteiger partial charge in [-0.15, -0.1) is 0 Å². The lowest BCUT2D eigenvalue weighted by atomic mass is 9.86. The Kier molecular flexibility index (Phi) is 6.43. The Morgan fingerprint density at radius 1 is 1.07 bits per heavy atom. The van der Waals surface area contributed by atoms with Crippen LogP contribution in [0.5, 0.6) is 5.88 Å². The number of nitrogens with zero attached hydrogens (tertiary/aromatic N) is 3. The molecule has 0 spiro atoms. The summed E-state index contributed by atoms with van der Waals surface area (Å²) in [5, 5.41) is 16.0. The molecule has 9 heteroatoms. The van der Waals surface area contributed by atoms with Gasteiger partial charge in [-0.05, 0) is 44.0 Å². The first-order valence-electron chi connectivity index (χ1n) is 8.87. The Balaban J connectivity index is 0.000000242. The number of para-hydroxylation sites is 2. The zero-order valence-corrected chi connectivity index (χ0v) is 15.7. The molecule has 0 amide bonds. The minimum atomic E-state index is -1.26. The molecule has 8 nitrogen and oxygen atoms in total. The van der Waals surface area contributed by atoms with E-state index in [1.165, 1.54) is 25.9 Å². The number of aromatic nitrogens is 2. The molecule has 2 N–H and O–H groups in total. The van der Waals surface area contributed by atoms with Gasteiger partial charge >= 0.3 is 11.9 Å². The lowest BCUT2D eigenvalue weighted by Gasteiger charge is -2.44. The van der Waals surface area contributed by atoms with E-state index < -0.39 is 11.9 Å². The third kappa shape index (κ3) is 5.17. The van der Waals surface area contributed by atoms with E-state index in [1.807, 2.05) is 24.3 Å². The number of hydrogen-bond acceptors (Lipinski definition) is 6. The molecule has 3 aliphatic rings. The SMILES string of the molecule is Clc1nc2ccccc2nc1OC1CN2CCC1CC2.O=C(O)/C=C/C(=O)O. The monoisotopic (exact) mass is 405 g/mol. The van der Waals surface area contributed by atoms with Crippen LogP contribution in [0.3, 0.4) is 0 Å². The number of halogens is 1. The summed E-state index contributed by atoms with van der Waals surface area (Å²) in [6.45, 7) is 3.37. The molecular weight excluding hydrogens is 386 g/mol. The van der Waals surface area contributed by atoms with Gasteiger partial charge < -0.3 is 14.9 Å². The standard InChI is InChI=1S/C15H16ClN3O.C4H4O4/c16-14-15(18-12-4-2-1-3-11(12)17-14)20-13-9-19-7-5-10(13)6-8-19;5-3(6)1-2-4(7)8/h1-4,10,13H,5-9H2;1-2H,(H,5,6)(H,7,8)/b;2-1+. The first-order chi connectivity index (χ1) is 13.4. The number of hydrogen-bond donors (Lipinski definition) is 2. The third-order valence-electron chi connectivity index (χ3n) is 4.73. The summed E-state index contributed by atoms with van der Waals surface area (Å²) < 4.78 is 6.08. The molecule has 3 fully saturated rings. The highest BCUT2D eigenvalue weighted by molar-refractivity contribution is 6.31. The highest BCUT2D eigenvalue weighted by atomic mass is 35.5. The van der Waals surface area contributed by atoms with Crippen LogP contribution in [0.1, 0.15) is 12.8 Å². The van der Waals surface area contributed by atoms with Gasteiger partial charge in [0, 0.05) is 18.7 Å². The Morgan fingerprint density at radius 3 is 2.14 bits per heavy atom. The van der Waals surface area contributed by atoms with Crippen molar-refractivity contribution < 1.29 is 24.5 Å². The van der Waals surface area contributed by atoms with Crippen LogP contribution < -0.4 is 4.74 Å². The van der Waals surface area contributed by atoms with Crippen LogP contribution in [0.25, 0.3) is 11.0 Å². The molecule has 5 rings (SSSR count). The van der Waals surface area contributed by atoms with Gasteiger partial charge in [0.1, 0.15) is 6.10 Å². The van der Waals surface area contributed by atoms with E-state index in [4.69, 9.17) is 26.6 Å². The molecule has 3 saturated heterocycles. The molecular formula is C19H20ClN3O5. The first-order valence-corrected chi connectivity index (χ1v) is 9.25. The van der Waals surface area contributed by atoms with E-state index in [2.05, 4.69) is 14.9 Å². The molecule has 0 aliphatic carbocycles. The molecule has 2 bridgehead atoms. The van der Waals surface area contributed by atoms with E-state index >= 15 is 0 Å². The van der Waals surface area contributed by atoms with Crippen molar-refractivity contribution in [2.45, 2.75) is 18.9 Å². The van der Waals surface area contributed by atoms with Crippen molar-refractivity contribution in [1.29, 1.82) is 0 Å². The van der Waals surface area contributed by atoms with Crippen LogP contribution in [-0.2, 0) is 9.59 Å². The van der Waals surface area contributed by atoms with E-state index in [0.29, 0.717) is 29.1 Å². The predicted octanol–water partition coefficient (Wildman–Crippen LogP) is 2.47. The summed E-state index contributed by atoms with van der Waals surface area (Å²) in [6.07, 6.45) is 3.74. The maximum atomic E-state index is 9.55. The Bertz CT molecular complexity index is 880. The summed E-state index contributed by atoms with van der Waals surface area (Å²) in [5.74, 6) is -1.41. The van der Waals surface area contributed by atoms with Gasteiger partial charge in [0.2, 0.25) is 0 Å². The minimum absolute atomic E-state index is 0.200. The molecule has 0 radical (unpaired) electrons. The topological polar surface area (TPSA) is 113 Å². The number of ether oxygens (including phenoxy) is 1. The summed E-state index contributed by atoms with van der Waals surface area (Å²) in [5.41, 5.74) is 1.63. The van der Waals surface area contributed by atoms with Crippen LogP contribution in [0.4, 0.5) is 0 Å². The Morgan fingerprint density at radius 2 is 1.64 bits per heavy atom. The zero-order valence-electron chi connectivity index (χ0n) is 15.0. The lowest BCUT2D eigenvalue weighted by molar-refractivity contribution is -0.134. The van der Waals surface area contributed by atoms with Gasteiger partial charge in [0.25, 0.3) is 5.88 Å². The summed E-state index contributed by atoms with van der Waals surface area (Å²) in [7, 11) is 0. The van der Waals surface area contributed by atoms with Crippen LogP contribution in [-0.4, -0.2) is 62.8 Å². The van der Waals surface area contributed by atoms with Crippen molar-refractivity contribution in [3.05, 3.63) is 41.6 Å². The van der Waals surface area contributed by atoms with Crippen LogP contribution in [0.2, 0.25) is 5.15 Å². The van der Waals surface area contributed by atoms with Crippen molar-refractivity contribution in [1.82, 2.24) is 14.9 Å². The molecule has 28 heavy (non-hydrogen) atoms. The van der Waals surface area contributed by atoms with Gasteiger partial charge in [0.15, 0.2) is 5.15 Å². The summed E-state index contributed by atoms with van der Waals surface area (Å²) >= 11 is 6.21. The molecule has 1 unspecified atom stereocenters. The number of carboxylic acid groups (broad SMARTS) is 2. The zero-order chi connectivity index (χ0) is 20.1. The summed E-state index contributed by atoms with van der Waals surface area (Å²) in [6, 6.07) is 7.72. The van der Waals surface area contributed by atoms with E-state index in [9.17, 15) is 9.59 Å². The fraction of sp³-hybridized carbons (Fsp3) is 0.368. The Hall–Kier alpha value is -2.71. The lowest BCUT2D eigenvalue weighted by Crippen LogP contribution is -2.52. The summed E-state index contributed by atoms with van der Waals surface area (Å²) in [4.78, 5) is 30.4. The van der Waals surface area contributed by atoms with Gasteiger partial charge in [-0.3, -0.25) is 4.90 Å². The van der Waals surface area contributed by atoms with Crippen molar-refractivity contribution in [2.75, 3.05) is 19.6 Å². The highest BCUT2D eigenvalue weighted by Crippen LogP contribution is 2.32. The fourth-order valence-corrected chi connectivity index (χ4v) is 3.55. The van der Waals surface area contributed by atoms with Crippen molar-refractivity contribution in [2.24, 2.45) is 5.92 Å². The first kappa shape index (κ1) is 20.0. The maximum absolute atomic E-state index is 9.55. The largest absolute Gasteiger partial charge is 0.478 e. The number of rotatable bonds is 4. The minimum Gasteiger partial charge on any atom is -0.478 e. The van der Waals surface area contributed by atoms with Gasteiger partial charge in [-0.1, -0.05) is 23.7 Å². The smallest absolute Gasteiger partial charge is 0.328 e. The molecule has 3 aliphatic heterocycles. The van der Waals surface area contributed by atoms with Crippen molar-refractivity contribution in [3.8, 4) is 5.88 Å². The van der Waals surface area contributed by atoms with Crippen molar-refractivity contribution >= 4 is 34.6 Å². The van der Waals surface area contributed by atoms with Crippen LogP contribution in [0.15, 0.2) is 36.4 Å². The molecule has 2 aromatic rings. The average Bonchev–Trinajstić information content (AvgIpc) is 2.68. The Labute approximate surface area is 166 Å². The number of carbonyl (C=O) groups is 2. The molecule has 148 valence electrons. The van der Waals surface area contributed by atoms with Crippen LogP contribution in [0, 0.1) is 5.92 Å². The molecule has 1 atom stereocenters. The fourth-order valence-electron chi connectivity index (χ4n) is 3.37. The number of fused-ring (bicyclic) bond motifs is 4. The number of benzene rings is 1. The van der Waals surface area contributed by atoms with Gasteiger partial charge in [0.05, 0.1) is 11.0 Å². The maximum Gasteiger partial charge on any atom is 0.328 e. The molecule has 4 heterocycles. The average molecular weight is 406 g/mol. The second-order valence-electron chi connectivity index (χ2n) is 6.61. The second-order valence-corrected chi connectivity index (χ2v) is 6.97. The predicted molar refractivity (Wildman–Crippen MR) is 103 cm³/mol. The van der Waals surface area contributed by atoms with E-state index in [0.717, 1.165) is 17.6 Å². The number of aliphatic carboxylic acids is 2. The molecule has 1 aromatic carbocycles. The highest BCUT2D eigenvalue weighted by Gasteiger charge is 2.36. The number of piperidine rings is 3. The van der Waals surface area contributed by atoms with Gasteiger partial charge in [-0.25, -0.2) is 19.6 Å². The van der Waals surface area contributed by atoms with Crippen LogP contribution >= 0.6 is 11.6 Å². The second kappa shape index (κ2) is 8.99. The normalized spacial score (nSPS) is 23.2. The number of carboxylic acids is 2. The van der Waals surface area contributed by atoms with E-state index in [1.54, 1.807) is 0 Å². The quantitative estimate of drug-likeness (QED) is 0.746. The van der Waals surface area contributed by atoms with Crippen molar-refractivity contribution in [3.63, 3.8) is 0 Å². The van der Waals surface area contributed by atoms with Gasteiger partial charge in [-0.2, -0.15) is 0 Å².